The average molecular weight is 272 g/mol. The molecular weight excluding hydrogens is 258 g/mol. The van der Waals surface area contributed by atoms with Crippen molar-refractivity contribution in [2.24, 2.45) is 0 Å². The molecule has 0 aromatic rings. The molecule has 0 aromatic heterocycles. The summed E-state index contributed by atoms with van der Waals surface area (Å²) in [6, 6.07) is 0. The summed E-state index contributed by atoms with van der Waals surface area (Å²) in [5, 5.41) is 0. The summed E-state index contributed by atoms with van der Waals surface area (Å²) in [6.07, 6.45) is 2.37. The van der Waals surface area contributed by atoms with Crippen molar-refractivity contribution in [3.8, 4) is 0 Å². The fourth-order valence-electron chi connectivity index (χ4n) is 0.556. The van der Waals surface area contributed by atoms with Gasteiger partial charge in [-0.05, 0) is 0 Å². The minimum absolute atomic E-state index is 1.04. The van der Waals surface area contributed by atoms with Crippen molar-refractivity contribution >= 4 is 28.3 Å². The summed E-state index contributed by atoms with van der Waals surface area (Å²) in [6.45, 7) is 5.43. The van der Waals surface area contributed by atoms with Crippen LogP contribution in [0, 0.1) is 0 Å². The van der Waals surface area contributed by atoms with Gasteiger partial charge in [-0.2, -0.15) is 0 Å². The fourth-order valence-corrected chi connectivity index (χ4v) is 2.35. The first-order valence-corrected chi connectivity index (χ1v) is 6.12. The van der Waals surface area contributed by atoms with Crippen LogP contribution in [-0.4, -0.2) is 20.1 Å². The Bertz CT molecular complexity index is 119. The van der Waals surface area contributed by atoms with Crippen LogP contribution in [0.3, 0.4) is 0 Å². The van der Waals surface area contributed by atoms with Gasteiger partial charge in [-0.25, -0.2) is 0 Å². The van der Waals surface area contributed by atoms with E-state index in [0.717, 1.165) is 16.6 Å². The molecule has 0 aliphatic carbocycles. The van der Waals surface area contributed by atoms with Gasteiger partial charge in [-0.1, -0.05) is 0 Å². The van der Waals surface area contributed by atoms with Gasteiger partial charge < -0.3 is 0 Å². The summed E-state index contributed by atoms with van der Waals surface area (Å²) in [5.74, 6) is 1.15. The van der Waals surface area contributed by atoms with E-state index in [9.17, 15) is 0 Å². The quantitative estimate of drug-likeness (QED) is 0.572. The fraction of sp³-hybridized carbons (Fsp3) is 0.857. The second-order valence-electron chi connectivity index (χ2n) is 2.22. The second-order valence-corrected chi connectivity index (χ2v) is 5.03. The van der Waals surface area contributed by atoms with Crippen molar-refractivity contribution < 1.29 is 20.1 Å². The molecule has 0 aliphatic heterocycles. The van der Waals surface area contributed by atoms with Crippen LogP contribution >= 0.6 is 24.0 Å². The molecule has 0 aromatic carbocycles. The number of rotatable bonds is 4. The third kappa shape index (κ3) is 6.12. The van der Waals surface area contributed by atoms with E-state index in [4.69, 9.17) is 12.2 Å². The van der Waals surface area contributed by atoms with Crippen molar-refractivity contribution in [2.75, 3.05) is 12.3 Å². The normalized spacial score (nSPS) is 9.64. The Morgan fingerprint density at radius 3 is 2.55 bits per heavy atom. The van der Waals surface area contributed by atoms with Gasteiger partial charge in [0.2, 0.25) is 0 Å². The maximum atomic E-state index is 5.20. The van der Waals surface area contributed by atoms with Crippen LogP contribution in [0.2, 0.25) is 0 Å². The Morgan fingerprint density at radius 2 is 2.09 bits per heavy atom. The number of nitrogens with zero attached hydrogens (tertiary/aromatic N) is 1. The van der Waals surface area contributed by atoms with E-state index in [-0.39, 0.29) is 0 Å². The summed E-state index contributed by atoms with van der Waals surface area (Å²) < 4.78 is 3.20. The van der Waals surface area contributed by atoms with Crippen molar-refractivity contribution in [1.29, 1.82) is 0 Å². The first kappa shape index (κ1) is 11.9. The minimum atomic E-state index is 1.04. The molecule has 1 nitrogen and oxygen atoms in total. The van der Waals surface area contributed by atoms with E-state index >= 15 is 0 Å². The molecule has 0 heterocycles. The van der Waals surface area contributed by atoms with Crippen molar-refractivity contribution in [2.45, 2.75) is 26.7 Å². The van der Waals surface area contributed by atoms with E-state index in [2.05, 4.69) is 17.3 Å². The standard InChI is InChI=1S/C7H15NS2.Mo/c1-3-5-8-7(9)10-6-4-2;/h3-6H2,1-2H3,(H,8,9);/q;+1/p-1. The summed E-state index contributed by atoms with van der Waals surface area (Å²) >= 11 is 8.98. The third-order valence-electron chi connectivity index (χ3n) is 1.06. The Hall–Kier alpha value is 0.928. The molecule has 0 atom stereocenters. The Balaban J connectivity index is 3.47. The Labute approximate surface area is 90.5 Å². The van der Waals surface area contributed by atoms with Crippen molar-refractivity contribution in [3.63, 3.8) is 0 Å². The first-order valence-electron chi connectivity index (χ1n) is 3.83. The topological polar surface area (TPSA) is 3.24 Å². The van der Waals surface area contributed by atoms with E-state index in [1.54, 1.807) is 11.8 Å². The zero-order valence-corrected chi connectivity index (χ0v) is 10.6. The van der Waals surface area contributed by atoms with Crippen LogP contribution in [0.5, 0.6) is 0 Å². The van der Waals surface area contributed by atoms with Crippen LogP contribution in [0.1, 0.15) is 26.7 Å². The number of hydrogen-bond acceptors (Lipinski definition) is 2. The van der Waals surface area contributed by atoms with Crippen LogP contribution in [-0.2, 0) is 20.1 Å². The molecule has 0 rings (SSSR count). The molecule has 0 saturated heterocycles. The SMILES string of the molecule is CCCSC(=S)[N]([Mo])CCC. The van der Waals surface area contributed by atoms with Gasteiger partial charge >= 0.3 is 90.8 Å². The number of thioether (sulfide) groups is 1. The summed E-state index contributed by atoms with van der Waals surface area (Å²) in [4.78, 5) is 0. The zero-order chi connectivity index (χ0) is 8.69. The predicted octanol–water partition coefficient (Wildman–Crippen LogP) is 2.59. The zero-order valence-electron chi connectivity index (χ0n) is 7.00. The molecule has 0 N–H and O–H groups in total. The van der Waals surface area contributed by atoms with E-state index in [1.165, 1.54) is 12.8 Å². The molecule has 0 radical (unpaired) electrons. The first-order chi connectivity index (χ1) is 5.22. The van der Waals surface area contributed by atoms with Gasteiger partial charge in [0.15, 0.2) is 0 Å². The van der Waals surface area contributed by atoms with Gasteiger partial charge in [-0.15, -0.1) is 0 Å². The van der Waals surface area contributed by atoms with Gasteiger partial charge in [0.25, 0.3) is 0 Å². The van der Waals surface area contributed by atoms with E-state index in [0.29, 0.717) is 0 Å². The predicted molar refractivity (Wildman–Crippen MR) is 52.3 cm³/mol. The molecule has 0 fully saturated rings. The molecule has 0 bridgehead atoms. The van der Waals surface area contributed by atoms with Gasteiger partial charge in [-0.3, -0.25) is 0 Å². The molecule has 65 valence electrons. The molecule has 4 heteroatoms. The molecule has 0 amide bonds. The summed E-state index contributed by atoms with van der Waals surface area (Å²) in [5.41, 5.74) is 0. The average Bonchev–Trinajstić information content (AvgIpc) is 2.00. The molecule has 0 aliphatic rings. The van der Waals surface area contributed by atoms with Gasteiger partial charge in [0, 0.05) is 0 Å². The van der Waals surface area contributed by atoms with Crippen LogP contribution in [0.4, 0.5) is 0 Å². The number of thiocarbonyl (C=S) groups is 1. The van der Waals surface area contributed by atoms with Crippen molar-refractivity contribution in [1.82, 2.24) is 3.46 Å². The summed E-state index contributed by atoms with van der Waals surface area (Å²) in [7, 11) is 0. The Morgan fingerprint density at radius 1 is 1.45 bits per heavy atom. The van der Waals surface area contributed by atoms with Crippen LogP contribution < -0.4 is 0 Å². The van der Waals surface area contributed by atoms with Gasteiger partial charge in [0.1, 0.15) is 0 Å². The van der Waals surface area contributed by atoms with Crippen LogP contribution in [0.15, 0.2) is 0 Å². The molecular formula is C7H14MoNS2. The third-order valence-corrected chi connectivity index (χ3v) is 4.23. The molecule has 0 unspecified atom stereocenters. The van der Waals surface area contributed by atoms with Gasteiger partial charge in [0.05, 0.1) is 0 Å². The van der Waals surface area contributed by atoms with E-state index in [1.807, 2.05) is 20.1 Å². The van der Waals surface area contributed by atoms with E-state index < -0.39 is 0 Å². The second kappa shape index (κ2) is 7.57. The molecule has 0 spiro atoms. The number of hydrogen-bond donors (Lipinski definition) is 0. The maximum absolute atomic E-state index is 5.20. The molecule has 11 heavy (non-hydrogen) atoms. The monoisotopic (exact) mass is 274 g/mol. The van der Waals surface area contributed by atoms with Crippen LogP contribution in [0.25, 0.3) is 0 Å². The molecule has 0 saturated carbocycles. The Kier molecular flexibility index (Phi) is 8.21. The van der Waals surface area contributed by atoms with Crippen molar-refractivity contribution in [3.05, 3.63) is 0 Å².